The van der Waals surface area contributed by atoms with Gasteiger partial charge in [-0.3, -0.25) is 0 Å². The van der Waals surface area contributed by atoms with Crippen molar-refractivity contribution in [2.24, 2.45) is 0 Å². The topological polar surface area (TPSA) is 33.0 Å². The third kappa shape index (κ3) is 2.79. The summed E-state index contributed by atoms with van der Waals surface area (Å²) in [5.74, 6) is 0.595. The minimum absolute atomic E-state index is 0.277. The number of benzene rings is 1. The minimum Gasteiger partial charge on any atom is -0.487 e. The molecule has 0 aromatic heterocycles. The number of nitriles is 1. The molecule has 0 saturated carbocycles. The second kappa shape index (κ2) is 3.49. The van der Waals surface area contributed by atoms with Crippen LogP contribution in [-0.4, -0.2) is 5.60 Å². The van der Waals surface area contributed by atoms with E-state index in [1.807, 2.05) is 32.9 Å². The van der Waals surface area contributed by atoms with Crippen molar-refractivity contribution >= 4 is 0 Å². The molecule has 0 aliphatic rings. The number of hydrogen-bond acceptors (Lipinski definition) is 2. The Morgan fingerprint density at radius 2 is 2.15 bits per heavy atom. The zero-order valence-electron chi connectivity index (χ0n) is 8.09. The summed E-state index contributed by atoms with van der Waals surface area (Å²) in [4.78, 5) is 0. The van der Waals surface area contributed by atoms with Crippen molar-refractivity contribution in [1.29, 1.82) is 5.26 Å². The van der Waals surface area contributed by atoms with Gasteiger partial charge in [-0.1, -0.05) is 12.1 Å². The van der Waals surface area contributed by atoms with Gasteiger partial charge in [0.1, 0.15) is 23.0 Å². The molecule has 0 fully saturated rings. The van der Waals surface area contributed by atoms with Crippen LogP contribution in [0.2, 0.25) is 0 Å². The zero-order chi connectivity index (χ0) is 9.90. The van der Waals surface area contributed by atoms with E-state index in [0.29, 0.717) is 11.3 Å². The summed E-state index contributed by atoms with van der Waals surface area (Å²) in [6.45, 7) is 5.84. The van der Waals surface area contributed by atoms with E-state index in [4.69, 9.17) is 10.00 Å². The SMILES string of the molecule is CC(C)(C)Oc1ccc[c]c1C#N. The molecule has 0 aliphatic heterocycles. The fourth-order valence-corrected chi connectivity index (χ4v) is 0.924. The van der Waals surface area contributed by atoms with Gasteiger partial charge in [-0.05, 0) is 26.8 Å². The van der Waals surface area contributed by atoms with Crippen molar-refractivity contribution in [3.63, 3.8) is 0 Å². The lowest BCUT2D eigenvalue weighted by Crippen LogP contribution is -2.23. The molecule has 0 heterocycles. The fourth-order valence-electron chi connectivity index (χ4n) is 0.924. The first-order valence-corrected chi connectivity index (χ1v) is 4.13. The maximum absolute atomic E-state index is 8.75. The molecule has 67 valence electrons. The first-order valence-electron chi connectivity index (χ1n) is 4.13. The summed E-state index contributed by atoms with van der Waals surface area (Å²) in [5, 5.41) is 8.75. The summed E-state index contributed by atoms with van der Waals surface area (Å²) in [7, 11) is 0. The van der Waals surface area contributed by atoms with Crippen LogP contribution in [0.25, 0.3) is 0 Å². The normalized spacial score (nSPS) is 10.6. The lowest BCUT2D eigenvalue weighted by atomic mass is 10.1. The van der Waals surface area contributed by atoms with Gasteiger partial charge in [0.15, 0.2) is 0 Å². The van der Waals surface area contributed by atoms with Gasteiger partial charge in [0.2, 0.25) is 0 Å². The Morgan fingerprint density at radius 1 is 1.46 bits per heavy atom. The third-order valence-corrected chi connectivity index (χ3v) is 1.35. The van der Waals surface area contributed by atoms with E-state index >= 15 is 0 Å². The highest BCUT2D eigenvalue weighted by atomic mass is 16.5. The Morgan fingerprint density at radius 3 is 2.69 bits per heavy atom. The van der Waals surface area contributed by atoms with Crippen molar-refractivity contribution in [3.8, 4) is 11.8 Å². The van der Waals surface area contributed by atoms with Gasteiger partial charge >= 0.3 is 0 Å². The smallest absolute Gasteiger partial charge is 0.138 e. The van der Waals surface area contributed by atoms with E-state index in [1.165, 1.54) is 0 Å². The number of rotatable bonds is 1. The Kier molecular flexibility index (Phi) is 2.57. The maximum atomic E-state index is 8.75. The Labute approximate surface area is 78.8 Å². The molecule has 1 rings (SSSR count). The predicted octanol–water partition coefficient (Wildman–Crippen LogP) is 2.54. The van der Waals surface area contributed by atoms with Gasteiger partial charge in [-0.25, -0.2) is 0 Å². The summed E-state index contributed by atoms with van der Waals surface area (Å²) in [6, 6.07) is 10.1. The van der Waals surface area contributed by atoms with Gasteiger partial charge in [0.05, 0.1) is 0 Å². The average Bonchev–Trinajstić information content (AvgIpc) is 2.02. The van der Waals surface area contributed by atoms with Crippen LogP contribution in [0, 0.1) is 17.4 Å². The second-order valence-electron chi connectivity index (χ2n) is 3.74. The Hall–Kier alpha value is -1.49. The molecule has 0 N–H and O–H groups in total. The zero-order valence-corrected chi connectivity index (χ0v) is 8.09. The molecule has 0 atom stereocenters. The van der Waals surface area contributed by atoms with Crippen LogP contribution in [0.1, 0.15) is 26.3 Å². The number of ether oxygens (including phenoxy) is 1. The monoisotopic (exact) mass is 174 g/mol. The summed E-state index contributed by atoms with van der Waals surface area (Å²) < 4.78 is 5.57. The maximum Gasteiger partial charge on any atom is 0.138 e. The molecule has 1 aromatic carbocycles. The van der Waals surface area contributed by atoms with Gasteiger partial charge < -0.3 is 4.74 Å². The van der Waals surface area contributed by atoms with Crippen LogP contribution in [0.5, 0.6) is 5.75 Å². The molecule has 0 saturated heterocycles. The van der Waals surface area contributed by atoms with Gasteiger partial charge in [-0.2, -0.15) is 5.26 Å². The van der Waals surface area contributed by atoms with Crippen LogP contribution in [0.3, 0.4) is 0 Å². The molecule has 2 heteroatoms. The minimum atomic E-state index is -0.277. The second-order valence-corrected chi connectivity index (χ2v) is 3.74. The summed E-state index contributed by atoms with van der Waals surface area (Å²) >= 11 is 0. The van der Waals surface area contributed by atoms with Gasteiger partial charge in [0, 0.05) is 6.07 Å². The van der Waals surface area contributed by atoms with Crippen LogP contribution in [0.15, 0.2) is 18.2 Å². The van der Waals surface area contributed by atoms with E-state index in [0.717, 1.165) is 0 Å². The standard InChI is InChI=1S/C11H12NO/c1-11(2,3)13-10-7-5-4-6-9(10)8-12/h4-5,7H,1-3H3. The summed E-state index contributed by atoms with van der Waals surface area (Å²) in [6.07, 6.45) is 0. The lowest BCUT2D eigenvalue weighted by molar-refractivity contribution is 0.130. The molecule has 0 spiro atoms. The summed E-state index contributed by atoms with van der Waals surface area (Å²) in [5.41, 5.74) is 0.179. The fraction of sp³-hybridized carbons (Fsp3) is 0.364. The first kappa shape index (κ1) is 9.60. The highest BCUT2D eigenvalue weighted by molar-refractivity contribution is 5.41. The van der Waals surface area contributed by atoms with E-state index in [9.17, 15) is 0 Å². The van der Waals surface area contributed by atoms with E-state index in [2.05, 4.69) is 6.07 Å². The van der Waals surface area contributed by atoms with Crippen LogP contribution < -0.4 is 4.74 Å². The average molecular weight is 174 g/mol. The van der Waals surface area contributed by atoms with E-state index in [1.54, 1.807) is 12.1 Å². The quantitative estimate of drug-likeness (QED) is 0.655. The third-order valence-electron chi connectivity index (χ3n) is 1.35. The van der Waals surface area contributed by atoms with Crippen molar-refractivity contribution in [2.45, 2.75) is 26.4 Å². The number of hydrogen-bond donors (Lipinski definition) is 0. The van der Waals surface area contributed by atoms with Crippen molar-refractivity contribution in [1.82, 2.24) is 0 Å². The van der Waals surface area contributed by atoms with Crippen LogP contribution in [-0.2, 0) is 0 Å². The Balaban J connectivity index is 2.96. The molecule has 0 unspecified atom stereocenters. The molecule has 2 nitrogen and oxygen atoms in total. The largest absolute Gasteiger partial charge is 0.487 e. The highest BCUT2D eigenvalue weighted by Gasteiger charge is 2.13. The Bertz CT molecular complexity index is 331. The molecule has 0 amide bonds. The molecule has 1 radical (unpaired) electrons. The molecule has 0 aliphatic carbocycles. The highest BCUT2D eigenvalue weighted by Crippen LogP contribution is 2.21. The lowest BCUT2D eigenvalue weighted by Gasteiger charge is -2.21. The predicted molar refractivity (Wildman–Crippen MR) is 50.4 cm³/mol. The van der Waals surface area contributed by atoms with E-state index in [-0.39, 0.29) is 5.60 Å². The van der Waals surface area contributed by atoms with Crippen molar-refractivity contribution < 1.29 is 4.74 Å². The van der Waals surface area contributed by atoms with Crippen LogP contribution in [0.4, 0.5) is 0 Å². The number of nitrogens with zero attached hydrogens (tertiary/aromatic N) is 1. The van der Waals surface area contributed by atoms with Gasteiger partial charge in [0.25, 0.3) is 0 Å². The van der Waals surface area contributed by atoms with Crippen LogP contribution >= 0.6 is 0 Å². The van der Waals surface area contributed by atoms with Crippen molar-refractivity contribution in [3.05, 3.63) is 29.8 Å². The molecule has 13 heavy (non-hydrogen) atoms. The van der Waals surface area contributed by atoms with E-state index < -0.39 is 0 Å². The first-order chi connectivity index (χ1) is 6.03. The molecule has 0 bridgehead atoms. The van der Waals surface area contributed by atoms with Crippen molar-refractivity contribution in [2.75, 3.05) is 0 Å². The molecular weight excluding hydrogens is 162 g/mol. The van der Waals surface area contributed by atoms with Gasteiger partial charge in [-0.15, -0.1) is 0 Å². The molecule has 1 aromatic rings. The molecular formula is C11H12NO.